The Balaban J connectivity index is 1.52. The number of benzene rings is 2. The smallest absolute Gasteiger partial charge is 0.282 e. The molecule has 2 aromatic rings. The van der Waals surface area contributed by atoms with Gasteiger partial charge < -0.3 is 19.4 Å². The van der Waals surface area contributed by atoms with Crippen LogP contribution in [-0.2, 0) is 0 Å². The van der Waals surface area contributed by atoms with Gasteiger partial charge in [0.1, 0.15) is 17.1 Å². The molecule has 31 heavy (non-hydrogen) atoms. The monoisotopic (exact) mass is 428 g/mol. The number of methoxy groups -OCH3 is 1. The number of hydrogen-bond acceptors (Lipinski definition) is 6. The third-order valence-electron chi connectivity index (χ3n) is 5.93. The summed E-state index contributed by atoms with van der Waals surface area (Å²) in [4.78, 5) is 29.8. The Morgan fingerprint density at radius 1 is 1.00 bits per heavy atom. The van der Waals surface area contributed by atoms with Crippen molar-refractivity contribution in [1.82, 2.24) is 4.90 Å². The number of rotatable bonds is 5. The van der Waals surface area contributed by atoms with Crippen molar-refractivity contribution >= 4 is 23.0 Å². The SMILES string of the molecule is COc1cc(F)ccc1N1CCN(c2ccc([N+](=O)[O-])c(C(=O)N3CCCC3)c2)CC1. The molecule has 164 valence electrons. The van der Waals surface area contributed by atoms with E-state index in [1.54, 1.807) is 23.1 Å². The van der Waals surface area contributed by atoms with Crippen molar-refractivity contribution in [2.24, 2.45) is 0 Å². The molecule has 8 nitrogen and oxygen atoms in total. The summed E-state index contributed by atoms with van der Waals surface area (Å²) in [5, 5.41) is 11.5. The molecule has 0 unspecified atom stereocenters. The average Bonchev–Trinajstić information content (AvgIpc) is 3.33. The maximum atomic E-state index is 13.5. The number of hydrogen-bond donors (Lipinski definition) is 0. The minimum absolute atomic E-state index is 0.145. The highest BCUT2D eigenvalue weighted by Crippen LogP contribution is 2.32. The highest BCUT2D eigenvalue weighted by atomic mass is 19.1. The lowest BCUT2D eigenvalue weighted by Gasteiger charge is -2.38. The van der Waals surface area contributed by atoms with Gasteiger partial charge in [0.2, 0.25) is 0 Å². The van der Waals surface area contributed by atoms with Gasteiger partial charge in [0.15, 0.2) is 0 Å². The average molecular weight is 428 g/mol. The van der Waals surface area contributed by atoms with E-state index in [1.807, 2.05) is 0 Å². The maximum absolute atomic E-state index is 13.5. The van der Waals surface area contributed by atoms with Crippen molar-refractivity contribution in [3.8, 4) is 5.75 Å². The minimum Gasteiger partial charge on any atom is -0.494 e. The molecule has 0 aromatic heterocycles. The van der Waals surface area contributed by atoms with Crippen molar-refractivity contribution in [2.75, 3.05) is 56.2 Å². The molecule has 0 aliphatic carbocycles. The second-order valence-corrected chi connectivity index (χ2v) is 7.75. The van der Waals surface area contributed by atoms with Crippen LogP contribution in [0.3, 0.4) is 0 Å². The zero-order valence-corrected chi connectivity index (χ0v) is 17.4. The fourth-order valence-electron chi connectivity index (χ4n) is 4.26. The fourth-order valence-corrected chi connectivity index (χ4v) is 4.26. The summed E-state index contributed by atoms with van der Waals surface area (Å²) in [7, 11) is 1.52. The zero-order chi connectivity index (χ0) is 22.0. The number of anilines is 2. The van der Waals surface area contributed by atoms with E-state index < -0.39 is 4.92 Å². The van der Waals surface area contributed by atoms with Gasteiger partial charge in [-0.25, -0.2) is 4.39 Å². The number of nitro benzene ring substituents is 1. The normalized spacial score (nSPS) is 16.5. The standard InChI is InChI=1S/C22H25FN4O4/c1-31-21-14-16(23)4-6-20(21)25-12-10-24(11-13-25)17-5-7-19(27(29)30)18(15-17)22(28)26-8-2-3-9-26/h4-7,14-15H,2-3,8-13H2,1H3. The molecule has 0 N–H and O–H groups in total. The summed E-state index contributed by atoms with van der Waals surface area (Å²) in [5.41, 5.74) is 1.61. The first-order valence-corrected chi connectivity index (χ1v) is 10.4. The van der Waals surface area contributed by atoms with Gasteiger partial charge in [0.25, 0.3) is 11.6 Å². The van der Waals surface area contributed by atoms with E-state index in [4.69, 9.17) is 4.74 Å². The first-order valence-electron chi connectivity index (χ1n) is 10.4. The van der Waals surface area contributed by atoms with Crippen LogP contribution in [0.1, 0.15) is 23.2 Å². The van der Waals surface area contributed by atoms with Gasteiger partial charge in [-0.05, 0) is 37.1 Å². The summed E-state index contributed by atoms with van der Waals surface area (Å²) < 4.78 is 18.8. The van der Waals surface area contributed by atoms with Crippen molar-refractivity contribution in [3.63, 3.8) is 0 Å². The van der Waals surface area contributed by atoms with E-state index in [0.717, 1.165) is 24.2 Å². The number of carbonyl (C=O) groups excluding carboxylic acids is 1. The Labute approximate surface area is 179 Å². The Hall–Kier alpha value is -3.36. The predicted molar refractivity (Wildman–Crippen MR) is 116 cm³/mol. The van der Waals surface area contributed by atoms with E-state index in [-0.39, 0.29) is 23.0 Å². The van der Waals surface area contributed by atoms with E-state index in [0.29, 0.717) is 45.0 Å². The number of amides is 1. The van der Waals surface area contributed by atoms with Crippen molar-refractivity contribution < 1.29 is 18.8 Å². The van der Waals surface area contributed by atoms with Crippen LogP contribution in [0.15, 0.2) is 36.4 Å². The number of likely N-dealkylation sites (tertiary alicyclic amines) is 1. The third-order valence-corrected chi connectivity index (χ3v) is 5.93. The molecule has 4 rings (SSSR count). The second-order valence-electron chi connectivity index (χ2n) is 7.75. The van der Waals surface area contributed by atoms with E-state index in [1.165, 1.54) is 25.3 Å². The fraction of sp³-hybridized carbons (Fsp3) is 0.409. The topological polar surface area (TPSA) is 79.2 Å². The van der Waals surface area contributed by atoms with Crippen molar-refractivity contribution in [2.45, 2.75) is 12.8 Å². The van der Waals surface area contributed by atoms with E-state index in [9.17, 15) is 19.3 Å². The molecular formula is C22H25FN4O4. The molecule has 2 aliphatic heterocycles. The van der Waals surface area contributed by atoms with Gasteiger partial charge in [0, 0.05) is 57.1 Å². The summed E-state index contributed by atoms with van der Waals surface area (Å²) in [5.74, 6) is -0.136. The molecule has 2 fully saturated rings. The first-order chi connectivity index (χ1) is 15.0. The molecule has 1 amide bonds. The maximum Gasteiger partial charge on any atom is 0.282 e. The molecule has 0 saturated carbocycles. The highest BCUT2D eigenvalue weighted by molar-refractivity contribution is 5.99. The van der Waals surface area contributed by atoms with Crippen LogP contribution in [0.4, 0.5) is 21.5 Å². The first kappa shape index (κ1) is 20.9. The zero-order valence-electron chi connectivity index (χ0n) is 17.4. The van der Waals surface area contributed by atoms with Crippen LogP contribution in [0.5, 0.6) is 5.75 Å². The molecule has 0 spiro atoms. The Kier molecular flexibility index (Phi) is 5.92. The van der Waals surface area contributed by atoms with E-state index >= 15 is 0 Å². The number of piperazine rings is 1. The summed E-state index contributed by atoms with van der Waals surface area (Å²) in [6, 6.07) is 9.27. The van der Waals surface area contributed by atoms with Crippen LogP contribution < -0.4 is 14.5 Å². The van der Waals surface area contributed by atoms with Crippen molar-refractivity contribution in [1.29, 1.82) is 0 Å². The second kappa shape index (κ2) is 8.79. The molecule has 2 aromatic carbocycles. The summed E-state index contributed by atoms with van der Waals surface area (Å²) in [6.45, 7) is 3.95. The lowest BCUT2D eigenvalue weighted by molar-refractivity contribution is -0.385. The molecule has 9 heteroatoms. The minimum atomic E-state index is -0.494. The van der Waals surface area contributed by atoms with E-state index in [2.05, 4.69) is 9.80 Å². The Bertz CT molecular complexity index is 985. The number of ether oxygens (including phenoxy) is 1. The molecule has 2 saturated heterocycles. The summed E-state index contributed by atoms with van der Waals surface area (Å²) >= 11 is 0. The third kappa shape index (κ3) is 4.26. The van der Waals surface area contributed by atoms with Gasteiger partial charge in [0.05, 0.1) is 17.7 Å². The molecule has 2 heterocycles. The molecule has 0 radical (unpaired) electrons. The molecule has 0 bridgehead atoms. The predicted octanol–water partition coefficient (Wildman–Crippen LogP) is 3.31. The number of nitrogens with zero attached hydrogens (tertiary/aromatic N) is 4. The van der Waals surface area contributed by atoms with Gasteiger partial charge in [-0.2, -0.15) is 0 Å². The molecule has 0 atom stereocenters. The largest absolute Gasteiger partial charge is 0.494 e. The Morgan fingerprint density at radius 3 is 2.32 bits per heavy atom. The van der Waals surface area contributed by atoms with Gasteiger partial charge in [-0.1, -0.05) is 0 Å². The molecular weight excluding hydrogens is 403 g/mol. The summed E-state index contributed by atoms with van der Waals surface area (Å²) in [6.07, 6.45) is 1.85. The molecule has 2 aliphatic rings. The van der Waals surface area contributed by atoms with Gasteiger partial charge in [-0.3, -0.25) is 14.9 Å². The van der Waals surface area contributed by atoms with Crippen LogP contribution in [0.25, 0.3) is 0 Å². The van der Waals surface area contributed by atoms with Crippen LogP contribution in [0.2, 0.25) is 0 Å². The van der Waals surface area contributed by atoms with Crippen LogP contribution >= 0.6 is 0 Å². The van der Waals surface area contributed by atoms with Gasteiger partial charge >= 0.3 is 0 Å². The number of nitro groups is 1. The number of halogens is 1. The lowest BCUT2D eigenvalue weighted by atomic mass is 10.1. The Morgan fingerprint density at radius 2 is 1.68 bits per heavy atom. The highest BCUT2D eigenvalue weighted by Gasteiger charge is 2.28. The number of carbonyl (C=O) groups is 1. The van der Waals surface area contributed by atoms with Gasteiger partial charge in [-0.15, -0.1) is 0 Å². The quantitative estimate of drug-likeness (QED) is 0.537. The van der Waals surface area contributed by atoms with Crippen LogP contribution in [0, 0.1) is 15.9 Å². The van der Waals surface area contributed by atoms with Crippen LogP contribution in [-0.4, -0.2) is 62.1 Å². The van der Waals surface area contributed by atoms with Crippen molar-refractivity contribution in [3.05, 3.63) is 57.9 Å². The lowest BCUT2D eigenvalue weighted by Crippen LogP contribution is -2.46.